The maximum atomic E-state index is 11.6. The molecule has 0 saturated heterocycles. The molecule has 1 amide bonds. The van der Waals surface area contributed by atoms with Crippen molar-refractivity contribution in [2.45, 2.75) is 39.0 Å². The van der Waals surface area contributed by atoms with Gasteiger partial charge in [0.25, 0.3) is 5.91 Å². The summed E-state index contributed by atoms with van der Waals surface area (Å²) in [5.41, 5.74) is 2.99. The minimum Gasteiger partial charge on any atom is -0.466 e. The number of carbonyl (C=O) groups excluding carboxylic acids is 2. The van der Waals surface area contributed by atoms with Crippen LogP contribution in [0, 0.1) is 0 Å². The fourth-order valence-corrected chi connectivity index (χ4v) is 1.80. The fourth-order valence-electron chi connectivity index (χ4n) is 1.80. The molecule has 0 aliphatic carbocycles. The molecule has 116 valence electrons. The van der Waals surface area contributed by atoms with E-state index in [1.54, 1.807) is 31.2 Å². The summed E-state index contributed by atoms with van der Waals surface area (Å²) in [6.45, 7) is 2.71. The van der Waals surface area contributed by atoms with E-state index in [0.29, 0.717) is 25.2 Å². The number of rotatable bonds is 10. The van der Waals surface area contributed by atoms with Crippen LogP contribution in [-0.2, 0) is 14.4 Å². The van der Waals surface area contributed by atoms with Crippen molar-refractivity contribution in [1.29, 1.82) is 0 Å². The number of benzene rings is 1. The summed E-state index contributed by atoms with van der Waals surface area (Å²) < 4.78 is 4.84. The van der Waals surface area contributed by atoms with Crippen LogP contribution in [0.2, 0.25) is 0 Å². The number of unbranched alkanes of at least 4 members (excludes halogenated alkanes) is 3. The van der Waals surface area contributed by atoms with Gasteiger partial charge in [-0.15, -0.1) is 0 Å². The molecule has 0 unspecified atom stereocenters. The molecule has 5 nitrogen and oxygen atoms in total. The Bertz CT molecular complexity index is 420. The molecule has 5 heteroatoms. The van der Waals surface area contributed by atoms with Crippen molar-refractivity contribution in [2.24, 2.45) is 0 Å². The van der Waals surface area contributed by atoms with E-state index in [-0.39, 0.29) is 11.9 Å². The number of nitrogens with one attached hydrogen (secondary N) is 1. The van der Waals surface area contributed by atoms with E-state index in [4.69, 9.17) is 9.57 Å². The van der Waals surface area contributed by atoms with Crippen LogP contribution in [0.1, 0.15) is 49.4 Å². The Morgan fingerprint density at radius 1 is 1.05 bits per heavy atom. The third-order valence-electron chi connectivity index (χ3n) is 2.88. The Hall–Kier alpha value is -1.88. The average molecular weight is 293 g/mol. The van der Waals surface area contributed by atoms with Crippen LogP contribution in [0.15, 0.2) is 30.3 Å². The second-order valence-corrected chi connectivity index (χ2v) is 4.61. The van der Waals surface area contributed by atoms with Gasteiger partial charge >= 0.3 is 5.97 Å². The lowest BCUT2D eigenvalue weighted by molar-refractivity contribution is -0.143. The predicted molar refractivity (Wildman–Crippen MR) is 79.6 cm³/mol. The molecule has 0 aliphatic heterocycles. The molecule has 0 aliphatic rings. The molecular formula is C16H23NO4. The highest BCUT2D eigenvalue weighted by Gasteiger charge is 2.03. The van der Waals surface area contributed by atoms with Crippen LogP contribution in [0.3, 0.4) is 0 Å². The van der Waals surface area contributed by atoms with Crippen LogP contribution >= 0.6 is 0 Å². The second kappa shape index (κ2) is 10.9. The normalized spacial score (nSPS) is 10.1. The van der Waals surface area contributed by atoms with Gasteiger partial charge in [-0.25, -0.2) is 5.48 Å². The third kappa shape index (κ3) is 8.09. The number of ether oxygens (including phenoxy) is 1. The number of carbonyl (C=O) groups is 2. The molecule has 0 spiro atoms. The highest BCUT2D eigenvalue weighted by Crippen LogP contribution is 2.04. The number of hydrogen-bond donors (Lipinski definition) is 1. The highest BCUT2D eigenvalue weighted by molar-refractivity contribution is 5.93. The van der Waals surface area contributed by atoms with E-state index in [2.05, 4.69) is 5.48 Å². The summed E-state index contributed by atoms with van der Waals surface area (Å²) in [6.07, 6.45) is 4.06. The first kappa shape index (κ1) is 17.2. The molecule has 1 rings (SSSR count). The first-order valence-electron chi connectivity index (χ1n) is 7.37. The fraction of sp³-hybridized carbons (Fsp3) is 0.500. The number of esters is 1. The Kier molecular flexibility index (Phi) is 8.88. The summed E-state index contributed by atoms with van der Waals surface area (Å²) in [4.78, 5) is 27.8. The lowest BCUT2D eigenvalue weighted by Crippen LogP contribution is -2.24. The Labute approximate surface area is 125 Å². The van der Waals surface area contributed by atoms with Crippen molar-refractivity contribution < 1.29 is 19.2 Å². The smallest absolute Gasteiger partial charge is 0.305 e. The van der Waals surface area contributed by atoms with Crippen molar-refractivity contribution in [2.75, 3.05) is 13.2 Å². The average Bonchev–Trinajstić information content (AvgIpc) is 2.51. The first-order chi connectivity index (χ1) is 10.2. The summed E-state index contributed by atoms with van der Waals surface area (Å²) >= 11 is 0. The second-order valence-electron chi connectivity index (χ2n) is 4.61. The zero-order valence-electron chi connectivity index (χ0n) is 12.5. The van der Waals surface area contributed by atoms with E-state index in [1.165, 1.54) is 0 Å². The molecular weight excluding hydrogens is 270 g/mol. The van der Waals surface area contributed by atoms with Crippen LogP contribution in [0.4, 0.5) is 0 Å². The molecule has 0 radical (unpaired) electrons. The zero-order valence-corrected chi connectivity index (χ0v) is 12.5. The maximum absolute atomic E-state index is 11.6. The summed E-state index contributed by atoms with van der Waals surface area (Å²) in [6, 6.07) is 8.92. The Morgan fingerprint density at radius 2 is 1.76 bits per heavy atom. The van der Waals surface area contributed by atoms with Gasteiger partial charge in [-0.2, -0.15) is 0 Å². The first-order valence-corrected chi connectivity index (χ1v) is 7.37. The highest BCUT2D eigenvalue weighted by atomic mass is 16.6. The molecule has 0 aromatic heterocycles. The molecule has 1 aromatic rings. The quantitative estimate of drug-likeness (QED) is 0.409. The van der Waals surface area contributed by atoms with Gasteiger partial charge in [0.05, 0.1) is 13.2 Å². The molecule has 0 heterocycles. The molecule has 0 bridgehead atoms. The topological polar surface area (TPSA) is 64.6 Å². The van der Waals surface area contributed by atoms with Crippen LogP contribution in [0.25, 0.3) is 0 Å². The van der Waals surface area contributed by atoms with Crippen molar-refractivity contribution in [3.05, 3.63) is 35.9 Å². The van der Waals surface area contributed by atoms with Crippen molar-refractivity contribution in [1.82, 2.24) is 5.48 Å². The number of amides is 1. The van der Waals surface area contributed by atoms with E-state index < -0.39 is 0 Å². The third-order valence-corrected chi connectivity index (χ3v) is 2.88. The molecule has 21 heavy (non-hydrogen) atoms. The zero-order chi connectivity index (χ0) is 15.3. The molecule has 1 aromatic carbocycles. The van der Waals surface area contributed by atoms with Crippen molar-refractivity contribution in [3.63, 3.8) is 0 Å². The largest absolute Gasteiger partial charge is 0.466 e. The van der Waals surface area contributed by atoms with Crippen LogP contribution in [0.5, 0.6) is 0 Å². The summed E-state index contributed by atoms with van der Waals surface area (Å²) in [5.74, 6) is -0.373. The van der Waals surface area contributed by atoms with E-state index in [0.717, 1.165) is 25.7 Å². The van der Waals surface area contributed by atoms with Crippen molar-refractivity contribution in [3.8, 4) is 0 Å². The SMILES string of the molecule is CCOC(=O)CCCCCCONC(=O)c1ccccc1. The molecule has 1 N–H and O–H groups in total. The number of hydrogen-bond acceptors (Lipinski definition) is 4. The molecule has 0 saturated carbocycles. The van der Waals surface area contributed by atoms with Gasteiger partial charge in [0.1, 0.15) is 0 Å². The maximum Gasteiger partial charge on any atom is 0.305 e. The van der Waals surface area contributed by atoms with Gasteiger partial charge in [0.2, 0.25) is 0 Å². The Balaban J connectivity index is 1.95. The monoisotopic (exact) mass is 293 g/mol. The minimum atomic E-state index is -0.238. The lowest BCUT2D eigenvalue weighted by Gasteiger charge is -2.06. The lowest BCUT2D eigenvalue weighted by atomic mass is 10.1. The summed E-state index contributed by atoms with van der Waals surface area (Å²) in [7, 11) is 0. The number of hydroxylamine groups is 1. The van der Waals surface area contributed by atoms with Crippen molar-refractivity contribution >= 4 is 11.9 Å². The van der Waals surface area contributed by atoms with Crippen LogP contribution < -0.4 is 5.48 Å². The predicted octanol–water partition coefficient (Wildman–Crippen LogP) is 2.86. The molecule has 0 fully saturated rings. The van der Waals surface area contributed by atoms with Gasteiger partial charge in [-0.05, 0) is 31.9 Å². The van der Waals surface area contributed by atoms with E-state index >= 15 is 0 Å². The van der Waals surface area contributed by atoms with Crippen LogP contribution in [-0.4, -0.2) is 25.1 Å². The van der Waals surface area contributed by atoms with Gasteiger partial charge < -0.3 is 4.74 Å². The standard InChI is InChI=1S/C16H23NO4/c1-2-20-15(18)12-8-3-4-9-13-21-17-16(19)14-10-6-5-7-11-14/h5-7,10-11H,2-4,8-9,12-13H2,1H3,(H,17,19). The van der Waals surface area contributed by atoms with Gasteiger partial charge in [-0.1, -0.05) is 31.0 Å². The Morgan fingerprint density at radius 3 is 2.48 bits per heavy atom. The van der Waals surface area contributed by atoms with Gasteiger partial charge in [0.15, 0.2) is 0 Å². The van der Waals surface area contributed by atoms with Gasteiger partial charge in [0, 0.05) is 12.0 Å². The summed E-state index contributed by atoms with van der Waals surface area (Å²) in [5, 5.41) is 0. The van der Waals surface area contributed by atoms with E-state index in [9.17, 15) is 9.59 Å². The van der Waals surface area contributed by atoms with Gasteiger partial charge in [-0.3, -0.25) is 14.4 Å². The molecule has 0 atom stereocenters. The minimum absolute atomic E-state index is 0.135. The van der Waals surface area contributed by atoms with E-state index in [1.807, 2.05) is 6.07 Å².